The van der Waals surface area contributed by atoms with Gasteiger partial charge in [-0.2, -0.15) is 0 Å². The van der Waals surface area contributed by atoms with E-state index in [-0.39, 0.29) is 21.4 Å². The topological polar surface area (TPSA) is 144 Å². The molecule has 0 radical (unpaired) electrons. The van der Waals surface area contributed by atoms with Crippen LogP contribution >= 0.6 is 12.2 Å². The molecule has 0 amide bonds. The van der Waals surface area contributed by atoms with E-state index < -0.39 is 20.6 Å². The van der Waals surface area contributed by atoms with E-state index in [0.29, 0.717) is 22.9 Å². The van der Waals surface area contributed by atoms with Crippen molar-refractivity contribution in [1.82, 2.24) is 5.43 Å². The summed E-state index contributed by atoms with van der Waals surface area (Å²) < 4.78 is 39.6. The molecule has 0 aromatic heterocycles. The van der Waals surface area contributed by atoms with Crippen LogP contribution in [0.4, 0.5) is 22.7 Å². The van der Waals surface area contributed by atoms with Crippen LogP contribution in [0.2, 0.25) is 0 Å². The van der Waals surface area contributed by atoms with Gasteiger partial charge in [0, 0.05) is 23.5 Å². The summed E-state index contributed by atoms with van der Waals surface area (Å²) in [4.78, 5) is 10.3. The fourth-order valence-electron chi connectivity index (χ4n) is 3.34. The normalized spacial score (nSPS) is 10.7. The van der Waals surface area contributed by atoms with Crippen molar-refractivity contribution in [2.45, 2.75) is 4.90 Å². The molecule has 4 rings (SSSR count). The molecule has 0 aliphatic heterocycles. The van der Waals surface area contributed by atoms with Gasteiger partial charge >= 0.3 is 0 Å². The van der Waals surface area contributed by atoms with E-state index >= 15 is 0 Å². The lowest BCUT2D eigenvalue weighted by Gasteiger charge is -2.16. The van der Waals surface area contributed by atoms with Gasteiger partial charge in [-0.1, -0.05) is 18.2 Å². The van der Waals surface area contributed by atoms with Gasteiger partial charge in [0.05, 0.1) is 17.7 Å². The van der Waals surface area contributed by atoms with Crippen LogP contribution < -0.4 is 30.4 Å². The number of benzene rings is 4. The molecule has 4 aromatic rings. The number of nitro benzene ring substituents is 1. The zero-order chi connectivity index (χ0) is 27.8. The van der Waals surface area contributed by atoms with Crippen LogP contribution in [0.25, 0.3) is 0 Å². The molecule has 39 heavy (non-hydrogen) atoms. The minimum Gasteiger partial charge on any atom is -0.497 e. The number of rotatable bonds is 10. The second kappa shape index (κ2) is 12.1. The highest BCUT2D eigenvalue weighted by molar-refractivity contribution is 7.92. The fraction of sp³-hybridized carbons (Fsp3) is 0.0385. The number of nitro groups is 1. The highest BCUT2D eigenvalue weighted by atomic mass is 32.2. The predicted molar refractivity (Wildman–Crippen MR) is 153 cm³/mol. The van der Waals surface area contributed by atoms with Gasteiger partial charge in [0.15, 0.2) is 5.11 Å². The van der Waals surface area contributed by atoms with Crippen molar-refractivity contribution >= 4 is 50.1 Å². The molecule has 0 spiro atoms. The number of nitrogens with one attached hydrogen (secondary N) is 4. The Hall–Kier alpha value is -4.88. The lowest BCUT2D eigenvalue weighted by Crippen LogP contribution is -2.34. The van der Waals surface area contributed by atoms with Crippen molar-refractivity contribution in [3.63, 3.8) is 0 Å². The molecule has 11 nitrogen and oxygen atoms in total. The van der Waals surface area contributed by atoms with Crippen LogP contribution in [-0.4, -0.2) is 25.6 Å². The molecule has 0 fully saturated rings. The van der Waals surface area contributed by atoms with Crippen molar-refractivity contribution in [2.24, 2.45) is 0 Å². The zero-order valence-corrected chi connectivity index (χ0v) is 22.1. The Morgan fingerprint density at radius 3 is 2.10 bits per heavy atom. The Kier molecular flexibility index (Phi) is 8.43. The van der Waals surface area contributed by atoms with Crippen molar-refractivity contribution in [3.8, 4) is 17.2 Å². The molecule has 4 N–H and O–H groups in total. The predicted octanol–water partition coefficient (Wildman–Crippen LogP) is 5.51. The van der Waals surface area contributed by atoms with Gasteiger partial charge in [-0.25, -0.2) is 8.42 Å². The number of hydrogen-bond donors (Lipinski definition) is 4. The Balaban J connectivity index is 1.44. The Morgan fingerprint density at radius 1 is 0.846 bits per heavy atom. The molecule has 200 valence electrons. The number of ether oxygens (including phenoxy) is 2. The number of hydrazine groups is 1. The van der Waals surface area contributed by atoms with E-state index in [0.717, 1.165) is 6.07 Å². The molecule has 0 saturated carbocycles. The Morgan fingerprint density at radius 2 is 1.46 bits per heavy atom. The van der Waals surface area contributed by atoms with Gasteiger partial charge in [0.25, 0.3) is 15.7 Å². The van der Waals surface area contributed by atoms with E-state index in [2.05, 4.69) is 20.9 Å². The summed E-state index contributed by atoms with van der Waals surface area (Å²) in [5, 5.41) is 14.4. The second-order valence-corrected chi connectivity index (χ2v) is 9.97. The van der Waals surface area contributed by atoms with Crippen LogP contribution in [0.3, 0.4) is 0 Å². The molecular formula is C26H23N5O6S2. The molecule has 0 saturated heterocycles. The van der Waals surface area contributed by atoms with Gasteiger partial charge in [-0.3, -0.25) is 25.7 Å². The third-order valence-corrected chi connectivity index (χ3v) is 6.83. The molecule has 0 unspecified atom stereocenters. The highest BCUT2D eigenvalue weighted by Crippen LogP contribution is 2.28. The van der Waals surface area contributed by atoms with E-state index in [1.165, 1.54) is 31.4 Å². The standard InChI is InChI=1S/C26H23N5O6S2/c1-36-21-12-9-19(10-13-21)30-39(34,35)25-17-20(31(32)33)11-16-24(25)28-29-26(38)27-18-7-14-23(15-8-18)37-22-5-3-2-4-6-22/h2-17,28,30H,1H3,(H2,27,29,38). The number of nitrogens with zero attached hydrogens (tertiary/aromatic N) is 1. The van der Waals surface area contributed by atoms with Crippen molar-refractivity contribution < 1.29 is 22.8 Å². The molecule has 0 heterocycles. The first kappa shape index (κ1) is 27.2. The smallest absolute Gasteiger partial charge is 0.270 e. The highest BCUT2D eigenvalue weighted by Gasteiger charge is 2.23. The Bertz CT molecular complexity index is 1570. The van der Waals surface area contributed by atoms with E-state index in [9.17, 15) is 18.5 Å². The maximum Gasteiger partial charge on any atom is 0.270 e. The number of methoxy groups -OCH3 is 1. The summed E-state index contributed by atoms with van der Waals surface area (Å²) in [5.41, 5.74) is 5.95. The molecule has 4 aromatic carbocycles. The van der Waals surface area contributed by atoms with Crippen LogP contribution in [0.15, 0.2) is 102 Å². The lowest BCUT2D eigenvalue weighted by molar-refractivity contribution is -0.385. The minimum atomic E-state index is -4.23. The number of para-hydroxylation sites is 1. The molecule has 0 aliphatic carbocycles. The van der Waals surface area contributed by atoms with Crippen LogP contribution in [-0.2, 0) is 10.0 Å². The monoisotopic (exact) mass is 565 g/mol. The van der Waals surface area contributed by atoms with Gasteiger partial charge in [-0.15, -0.1) is 0 Å². The summed E-state index contributed by atoms with van der Waals surface area (Å²) in [6.07, 6.45) is 0. The average molecular weight is 566 g/mol. The van der Waals surface area contributed by atoms with Gasteiger partial charge < -0.3 is 14.8 Å². The van der Waals surface area contributed by atoms with Crippen LogP contribution in [0.5, 0.6) is 17.2 Å². The summed E-state index contributed by atoms with van der Waals surface area (Å²) in [6.45, 7) is 0. The summed E-state index contributed by atoms with van der Waals surface area (Å²) in [5.74, 6) is 1.88. The van der Waals surface area contributed by atoms with Gasteiger partial charge in [0.1, 0.15) is 22.1 Å². The molecule has 0 aliphatic rings. The first-order chi connectivity index (χ1) is 18.7. The first-order valence-electron chi connectivity index (χ1n) is 11.3. The molecular weight excluding hydrogens is 542 g/mol. The summed E-state index contributed by atoms with van der Waals surface area (Å²) >= 11 is 5.30. The zero-order valence-electron chi connectivity index (χ0n) is 20.5. The summed E-state index contributed by atoms with van der Waals surface area (Å²) in [7, 11) is -2.74. The van der Waals surface area contributed by atoms with E-state index in [4.69, 9.17) is 21.7 Å². The van der Waals surface area contributed by atoms with E-state index in [1.807, 2.05) is 30.3 Å². The summed E-state index contributed by atoms with van der Waals surface area (Å²) in [6, 6.07) is 25.9. The van der Waals surface area contributed by atoms with Crippen molar-refractivity contribution in [1.29, 1.82) is 0 Å². The van der Waals surface area contributed by atoms with Crippen LogP contribution in [0.1, 0.15) is 0 Å². The maximum atomic E-state index is 13.2. The van der Waals surface area contributed by atoms with Crippen LogP contribution in [0, 0.1) is 10.1 Å². The number of thiocarbonyl (C=S) groups is 1. The number of anilines is 3. The van der Waals surface area contributed by atoms with Crippen molar-refractivity contribution in [2.75, 3.05) is 22.6 Å². The molecule has 13 heteroatoms. The number of sulfonamides is 1. The van der Waals surface area contributed by atoms with E-state index in [1.54, 1.807) is 36.4 Å². The van der Waals surface area contributed by atoms with Crippen molar-refractivity contribution in [3.05, 3.63) is 107 Å². The maximum absolute atomic E-state index is 13.2. The third kappa shape index (κ3) is 7.34. The second-order valence-electron chi connectivity index (χ2n) is 7.92. The van der Waals surface area contributed by atoms with Gasteiger partial charge in [-0.05, 0) is 78.9 Å². The molecule has 0 atom stereocenters. The fourth-order valence-corrected chi connectivity index (χ4v) is 4.75. The quantitative estimate of drug-likeness (QED) is 0.110. The largest absolute Gasteiger partial charge is 0.497 e. The number of non-ortho nitro benzene ring substituents is 1. The van der Waals surface area contributed by atoms with Gasteiger partial charge in [0.2, 0.25) is 0 Å². The molecule has 0 bridgehead atoms. The minimum absolute atomic E-state index is 0.0392. The third-order valence-electron chi connectivity index (χ3n) is 5.21. The number of hydrogen-bond acceptors (Lipinski definition) is 8. The SMILES string of the molecule is COc1ccc(NS(=O)(=O)c2cc([N+](=O)[O-])ccc2NNC(=S)Nc2ccc(Oc3ccccc3)cc2)cc1. The first-order valence-corrected chi connectivity index (χ1v) is 13.2. The Labute approximate surface area is 230 Å². The lowest BCUT2D eigenvalue weighted by atomic mass is 10.3. The average Bonchev–Trinajstić information content (AvgIpc) is 2.93.